The summed E-state index contributed by atoms with van der Waals surface area (Å²) in [5.74, 6) is 0. The van der Waals surface area contributed by atoms with Crippen LogP contribution in [0.4, 0.5) is 0 Å². The highest BCUT2D eigenvalue weighted by Crippen LogP contribution is 2.18. The maximum atomic E-state index is 5.87. The van der Waals surface area contributed by atoms with Crippen LogP contribution in [-0.2, 0) is 6.42 Å². The molecule has 84 valence electrons. The lowest BCUT2D eigenvalue weighted by molar-refractivity contribution is 1.12. The summed E-state index contributed by atoms with van der Waals surface area (Å²) in [4.78, 5) is 3.43. The van der Waals surface area contributed by atoms with Crippen LogP contribution in [0.3, 0.4) is 0 Å². The van der Waals surface area contributed by atoms with Gasteiger partial charge in [0.25, 0.3) is 0 Å². The number of aromatic nitrogens is 1. The van der Waals surface area contributed by atoms with E-state index >= 15 is 0 Å². The Morgan fingerprint density at radius 3 is 2.47 bits per heavy atom. The van der Waals surface area contributed by atoms with Crippen LogP contribution >= 0.6 is 11.6 Å². The van der Waals surface area contributed by atoms with Crippen LogP contribution in [0.2, 0.25) is 5.02 Å². The molecule has 0 saturated heterocycles. The van der Waals surface area contributed by atoms with Gasteiger partial charge in [-0.25, -0.2) is 0 Å². The average molecular weight is 242 g/mol. The summed E-state index contributed by atoms with van der Waals surface area (Å²) in [5, 5.41) is 2.04. The predicted octanol–water partition coefficient (Wildman–Crippen LogP) is 4.41. The summed E-state index contributed by atoms with van der Waals surface area (Å²) in [6.45, 7) is 0. The number of aromatic amines is 1. The van der Waals surface area contributed by atoms with Gasteiger partial charge in [0.15, 0.2) is 0 Å². The molecule has 0 radical (unpaired) electrons. The Hall–Kier alpha value is -1.73. The zero-order chi connectivity index (χ0) is 11.7. The van der Waals surface area contributed by atoms with Crippen molar-refractivity contribution < 1.29 is 0 Å². The molecule has 0 saturated carbocycles. The number of H-pyrrole nitrogens is 1. The molecular weight excluding hydrogens is 230 g/mol. The van der Waals surface area contributed by atoms with E-state index < -0.39 is 0 Å². The molecule has 0 bridgehead atoms. The van der Waals surface area contributed by atoms with Crippen molar-refractivity contribution in [1.82, 2.24) is 4.98 Å². The number of benzene rings is 2. The number of fused-ring (bicyclic) bond motifs is 1. The van der Waals surface area contributed by atoms with E-state index in [0.29, 0.717) is 0 Å². The second-order valence-corrected chi connectivity index (χ2v) is 4.62. The van der Waals surface area contributed by atoms with Crippen LogP contribution in [0, 0.1) is 0 Å². The fourth-order valence-electron chi connectivity index (χ4n) is 2.05. The smallest absolute Gasteiger partial charge is 0.0456 e. The van der Waals surface area contributed by atoms with Crippen LogP contribution in [-0.4, -0.2) is 4.98 Å². The first-order valence-corrected chi connectivity index (χ1v) is 6.00. The molecule has 0 amide bonds. The number of nitrogens with one attached hydrogen (secondary N) is 1. The molecule has 3 rings (SSSR count). The Balaban J connectivity index is 1.92. The number of para-hydroxylation sites is 1. The Labute approximate surface area is 105 Å². The zero-order valence-corrected chi connectivity index (χ0v) is 10.0. The fraction of sp³-hybridized carbons (Fsp3) is 0.0667. The van der Waals surface area contributed by atoms with Crippen LogP contribution < -0.4 is 0 Å². The number of halogens is 1. The standard InChI is InChI=1S/C15H12ClN/c16-13-7-5-11(6-8-13)9-14-10-12-3-1-2-4-15(12)17-14/h1-8,10,17H,9H2. The van der Waals surface area contributed by atoms with Crippen molar-refractivity contribution >= 4 is 22.5 Å². The van der Waals surface area contributed by atoms with Crippen molar-refractivity contribution in [1.29, 1.82) is 0 Å². The van der Waals surface area contributed by atoms with E-state index in [0.717, 1.165) is 11.4 Å². The van der Waals surface area contributed by atoms with E-state index in [-0.39, 0.29) is 0 Å². The minimum absolute atomic E-state index is 0.783. The summed E-state index contributed by atoms with van der Waals surface area (Å²) >= 11 is 5.87. The Morgan fingerprint density at radius 2 is 1.71 bits per heavy atom. The molecule has 2 heteroatoms. The van der Waals surface area contributed by atoms with Gasteiger partial charge >= 0.3 is 0 Å². The molecule has 0 atom stereocenters. The molecular formula is C15H12ClN. The van der Waals surface area contributed by atoms with Crippen molar-refractivity contribution in [3.05, 3.63) is 70.9 Å². The molecule has 0 aliphatic rings. The van der Waals surface area contributed by atoms with Gasteiger partial charge in [-0.3, -0.25) is 0 Å². The van der Waals surface area contributed by atoms with Crippen molar-refractivity contribution in [3.8, 4) is 0 Å². The number of hydrogen-bond acceptors (Lipinski definition) is 0. The second-order valence-electron chi connectivity index (χ2n) is 4.19. The van der Waals surface area contributed by atoms with E-state index in [1.165, 1.54) is 22.2 Å². The van der Waals surface area contributed by atoms with Crippen molar-refractivity contribution in [2.45, 2.75) is 6.42 Å². The highest BCUT2D eigenvalue weighted by Gasteiger charge is 2.01. The SMILES string of the molecule is Clc1ccc(Cc2cc3ccccc3[nH]2)cc1. The van der Waals surface area contributed by atoms with Gasteiger partial charge < -0.3 is 4.98 Å². The zero-order valence-electron chi connectivity index (χ0n) is 9.28. The third-order valence-electron chi connectivity index (χ3n) is 2.89. The van der Waals surface area contributed by atoms with Gasteiger partial charge in [0, 0.05) is 22.7 Å². The van der Waals surface area contributed by atoms with Crippen molar-refractivity contribution in [2.75, 3.05) is 0 Å². The molecule has 0 aliphatic heterocycles. The summed E-state index contributed by atoms with van der Waals surface area (Å²) in [6, 6.07) is 18.5. The Kier molecular flexibility index (Phi) is 2.62. The van der Waals surface area contributed by atoms with Crippen molar-refractivity contribution in [3.63, 3.8) is 0 Å². The van der Waals surface area contributed by atoms with E-state index in [4.69, 9.17) is 11.6 Å². The number of hydrogen-bond donors (Lipinski definition) is 1. The van der Waals surface area contributed by atoms with Crippen LogP contribution in [0.15, 0.2) is 54.6 Å². The van der Waals surface area contributed by atoms with Gasteiger partial charge in [-0.1, -0.05) is 41.9 Å². The third kappa shape index (κ3) is 2.20. The molecule has 1 heterocycles. The Morgan fingerprint density at radius 1 is 0.941 bits per heavy atom. The predicted molar refractivity (Wildman–Crippen MR) is 72.6 cm³/mol. The largest absolute Gasteiger partial charge is 0.358 e. The summed E-state index contributed by atoms with van der Waals surface area (Å²) in [6.07, 6.45) is 0.909. The quantitative estimate of drug-likeness (QED) is 0.684. The highest BCUT2D eigenvalue weighted by molar-refractivity contribution is 6.30. The lowest BCUT2D eigenvalue weighted by Crippen LogP contribution is -1.87. The maximum absolute atomic E-state index is 5.87. The molecule has 3 aromatic rings. The van der Waals surface area contributed by atoms with Crippen LogP contribution in [0.25, 0.3) is 10.9 Å². The van der Waals surface area contributed by atoms with E-state index in [1.54, 1.807) is 0 Å². The lowest BCUT2D eigenvalue weighted by atomic mass is 10.1. The monoisotopic (exact) mass is 241 g/mol. The van der Waals surface area contributed by atoms with E-state index in [1.807, 2.05) is 18.2 Å². The molecule has 0 aliphatic carbocycles. The van der Waals surface area contributed by atoms with Crippen LogP contribution in [0.5, 0.6) is 0 Å². The molecule has 17 heavy (non-hydrogen) atoms. The van der Waals surface area contributed by atoms with Gasteiger partial charge in [0.1, 0.15) is 0 Å². The minimum atomic E-state index is 0.783. The van der Waals surface area contributed by atoms with Gasteiger partial charge in [0.05, 0.1) is 0 Å². The lowest BCUT2D eigenvalue weighted by Gasteiger charge is -1.98. The first-order chi connectivity index (χ1) is 8.31. The molecule has 0 fully saturated rings. The molecule has 1 aromatic heterocycles. The fourth-order valence-corrected chi connectivity index (χ4v) is 2.18. The maximum Gasteiger partial charge on any atom is 0.0456 e. The summed E-state index contributed by atoms with van der Waals surface area (Å²) < 4.78 is 0. The van der Waals surface area contributed by atoms with Gasteiger partial charge in [-0.05, 0) is 35.2 Å². The van der Waals surface area contributed by atoms with Gasteiger partial charge in [-0.2, -0.15) is 0 Å². The summed E-state index contributed by atoms with van der Waals surface area (Å²) in [7, 11) is 0. The second kappa shape index (κ2) is 4.27. The average Bonchev–Trinajstić information content (AvgIpc) is 2.74. The number of rotatable bonds is 2. The molecule has 1 N–H and O–H groups in total. The normalized spacial score (nSPS) is 10.9. The van der Waals surface area contributed by atoms with Gasteiger partial charge in [0.2, 0.25) is 0 Å². The first-order valence-electron chi connectivity index (χ1n) is 5.62. The minimum Gasteiger partial charge on any atom is -0.358 e. The van der Waals surface area contributed by atoms with Crippen LogP contribution in [0.1, 0.15) is 11.3 Å². The Bertz CT molecular complexity index is 604. The molecule has 1 nitrogen and oxygen atoms in total. The molecule has 0 unspecified atom stereocenters. The topological polar surface area (TPSA) is 15.8 Å². The molecule has 0 spiro atoms. The van der Waals surface area contributed by atoms with E-state index in [2.05, 4.69) is 41.4 Å². The first kappa shape index (κ1) is 10.4. The van der Waals surface area contributed by atoms with E-state index in [9.17, 15) is 0 Å². The highest BCUT2D eigenvalue weighted by atomic mass is 35.5. The molecule has 2 aromatic carbocycles. The summed E-state index contributed by atoms with van der Waals surface area (Å²) in [5.41, 5.74) is 3.69. The van der Waals surface area contributed by atoms with Gasteiger partial charge in [-0.15, -0.1) is 0 Å². The van der Waals surface area contributed by atoms with Crippen molar-refractivity contribution in [2.24, 2.45) is 0 Å². The third-order valence-corrected chi connectivity index (χ3v) is 3.15.